The largest absolute Gasteiger partial charge is 0.497 e. The van der Waals surface area contributed by atoms with E-state index in [9.17, 15) is 9.59 Å². The highest BCUT2D eigenvalue weighted by Gasteiger charge is 2.49. The van der Waals surface area contributed by atoms with Gasteiger partial charge in [0.25, 0.3) is 5.91 Å². The molecule has 1 aliphatic heterocycles. The Morgan fingerprint density at radius 2 is 2.12 bits per heavy atom. The lowest BCUT2D eigenvalue weighted by Crippen LogP contribution is -3.05. The smallest absolute Gasteiger partial charge is 0.344 e. The summed E-state index contributed by atoms with van der Waals surface area (Å²) in [6, 6.07) is 6.49. The molecule has 1 atom stereocenters. The Hall–Kier alpha value is -2.39. The van der Waals surface area contributed by atoms with Crippen molar-refractivity contribution in [1.82, 2.24) is 21.1 Å². The lowest BCUT2D eigenvalue weighted by atomic mass is 9.92. The molecule has 4 N–H and O–H groups in total. The Bertz CT molecular complexity index is 697. The third-order valence-electron chi connectivity index (χ3n) is 4.19. The lowest BCUT2D eigenvalue weighted by molar-refractivity contribution is -0.858. The van der Waals surface area contributed by atoms with Crippen LogP contribution in [0.5, 0.6) is 5.75 Å². The minimum absolute atomic E-state index is 0.233. The van der Waals surface area contributed by atoms with Crippen LogP contribution in [-0.4, -0.2) is 56.4 Å². The van der Waals surface area contributed by atoms with E-state index in [2.05, 4.69) is 30.2 Å². The van der Waals surface area contributed by atoms with Gasteiger partial charge in [0.15, 0.2) is 5.11 Å². The number of methoxy groups -OCH3 is 1. The van der Waals surface area contributed by atoms with Crippen molar-refractivity contribution in [1.29, 1.82) is 0 Å². The number of carbonyl (C=O) groups is 2. The van der Waals surface area contributed by atoms with Crippen molar-refractivity contribution >= 4 is 29.3 Å². The number of hydrogen-bond donors (Lipinski definition) is 4. The number of benzene rings is 1. The average molecular weight is 380 g/mol. The molecule has 1 aromatic rings. The molecule has 0 aromatic heterocycles. The predicted molar refractivity (Wildman–Crippen MR) is 102 cm³/mol. The van der Waals surface area contributed by atoms with Gasteiger partial charge in [-0.3, -0.25) is 10.2 Å². The summed E-state index contributed by atoms with van der Waals surface area (Å²) < 4.78 is 5.20. The van der Waals surface area contributed by atoms with Gasteiger partial charge in [-0.05, 0) is 36.8 Å². The van der Waals surface area contributed by atoms with Gasteiger partial charge in [0, 0.05) is 13.0 Å². The van der Waals surface area contributed by atoms with Crippen LogP contribution in [0.1, 0.15) is 18.9 Å². The van der Waals surface area contributed by atoms with Crippen LogP contribution in [0, 0.1) is 0 Å². The van der Waals surface area contributed by atoms with Crippen LogP contribution in [0.2, 0.25) is 0 Å². The molecular formula is C17H26N5O3S+. The molecule has 3 amide bonds. The molecular weight excluding hydrogens is 354 g/mol. The SMILES string of the molecule is COc1cccc([C@@]2(C)NC(=O)N(NC(=S)NCCC[NH+](C)C)C2=O)c1. The van der Waals surface area contributed by atoms with Gasteiger partial charge in [-0.15, -0.1) is 0 Å². The number of nitrogens with one attached hydrogen (secondary N) is 4. The first-order valence-corrected chi connectivity index (χ1v) is 8.83. The number of quaternary nitrogens is 1. The zero-order chi connectivity index (χ0) is 19.3. The molecule has 1 aromatic carbocycles. The monoisotopic (exact) mass is 380 g/mol. The van der Waals surface area contributed by atoms with Crippen molar-refractivity contribution in [3.63, 3.8) is 0 Å². The average Bonchev–Trinajstić information content (AvgIpc) is 2.83. The summed E-state index contributed by atoms with van der Waals surface area (Å²) in [7, 11) is 5.69. The summed E-state index contributed by atoms with van der Waals surface area (Å²) in [5.41, 5.74) is 2.11. The van der Waals surface area contributed by atoms with Crippen molar-refractivity contribution in [2.75, 3.05) is 34.3 Å². The number of rotatable bonds is 7. The number of nitrogens with zero attached hydrogens (tertiary/aromatic N) is 1. The van der Waals surface area contributed by atoms with Crippen molar-refractivity contribution in [3.05, 3.63) is 29.8 Å². The maximum Gasteiger partial charge on any atom is 0.344 e. The van der Waals surface area contributed by atoms with Crippen molar-refractivity contribution < 1.29 is 19.2 Å². The molecule has 9 heteroatoms. The van der Waals surface area contributed by atoms with Crippen LogP contribution in [0.3, 0.4) is 0 Å². The second-order valence-corrected chi connectivity index (χ2v) is 7.01. The summed E-state index contributed by atoms with van der Waals surface area (Å²) in [5, 5.41) is 6.86. The van der Waals surface area contributed by atoms with Gasteiger partial charge in [0.2, 0.25) is 0 Å². The minimum Gasteiger partial charge on any atom is -0.497 e. The Labute approximate surface area is 158 Å². The first-order valence-electron chi connectivity index (χ1n) is 8.42. The highest BCUT2D eigenvalue weighted by atomic mass is 32.1. The quantitative estimate of drug-likeness (QED) is 0.286. The fraction of sp³-hybridized carbons (Fsp3) is 0.471. The predicted octanol–water partition coefficient (Wildman–Crippen LogP) is -0.624. The van der Waals surface area contributed by atoms with E-state index in [1.807, 2.05) is 0 Å². The normalized spacial score (nSPS) is 19.5. The molecule has 1 aliphatic rings. The summed E-state index contributed by atoms with van der Waals surface area (Å²) in [6.07, 6.45) is 0.922. The first-order chi connectivity index (χ1) is 12.3. The lowest BCUT2D eigenvalue weighted by Gasteiger charge is -2.23. The van der Waals surface area contributed by atoms with E-state index in [-0.39, 0.29) is 5.11 Å². The molecule has 1 saturated heterocycles. The molecule has 0 saturated carbocycles. The van der Waals surface area contributed by atoms with Gasteiger partial charge >= 0.3 is 6.03 Å². The van der Waals surface area contributed by atoms with Gasteiger partial charge in [0.05, 0.1) is 27.7 Å². The van der Waals surface area contributed by atoms with Crippen molar-refractivity contribution in [3.8, 4) is 5.75 Å². The number of carbonyl (C=O) groups excluding carboxylic acids is 2. The van der Waals surface area contributed by atoms with E-state index in [1.165, 1.54) is 4.90 Å². The number of urea groups is 1. The van der Waals surface area contributed by atoms with E-state index in [1.54, 1.807) is 38.3 Å². The first kappa shape index (κ1) is 19.9. The zero-order valence-electron chi connectivity index (χ0n) is 15.5. The van der Waals surface area contributed by atoms with Gasteiger partial charge in [-0.2, -0.15) is 5.01 Å². The van der Waals surface area contributed by atoms with Crippen LogP contribution in [0.25, 0.3) is 0 Å². The molecule has 1 fully saturated rings. The van der Waals surface area contributed by atoms with Gasteiger partial charge in [0.1, 0.15) is 11.3 Å². The van der Waals surface area contributed by atoms with Gasteiger partial charge in [-0.25, -0.2) is 4.79 Å². The summed E-state index contributed by atoms with van der Waals surface area (Å²) in [6.45, 7) is 3.31. The van der Waals surface area contributed by atoms with Crippen LogP contribution in [0.4, 0.5) is 4.79 Å². The third kappa shape index (κ3) is 4.41. The highest BCUT2D eigenvalue weighted by molar-refractivity contribution is 7.80. The summed E-state index contributed by atoms with van der Waals surface area (Å²) in [4.78, 5) is 26.5. The highest BCUT2D eigenvalue weighted by Crippen LogP contribution is 2.30. The number of hydrazine groups is 1. The van der Waals surface area contributed by atoms with Crippen LogP contribution in [0.15, 0.2) is 24.3 Å². The fourth-order valence-corrected chi connectivity index (χ4v) is 2.85. The summed E-state index contributed by atoms with van der Waals surface area (Å²) in [5.74, 6) is 0.176. The maximum atomic E-state index is 12.8. The van der Waals surface area contributed by atoms with E-state index in [0.717, 1.165) is 18.0 Å². The molecule has 142 valence electrons. The number of amides is 3. The van der Waals surface area contributed by atoms with Crippen molar-refractivity contribution in [2.45, 2.75) is 18.9 Å². The molecule has 0 radical (unpaired) electrons. The second-order valence-electron chi connectivity index (χ2n) is 6.61. The zero-order valence-corrected chi connectivity index (χ0v) is 16.3. The summed E-state index contributed by atoms with van der Waals surface area (Å²) >= 11 is 5.18. The fourth-order valence-electron chi connectivity index (χ4n) is 2.66. The molecule has 1 heterocycles. The third-order valence-corrected chi connectivity index (χ3v) is 4.43. The molecule has 2 rings (SSSR count). The Morgan fingerprint density at radius 1 is 1.38 bits per heavy atom. The van der Waals surface area contributed by atoms with Crippen LogP contribution >= 0.6 is 12.2 Å². The minimum atomic E-state index is -1.19. The number of ether oxygens (including phenoxy) is 1. The Morgan fingerprint density at radius 3 is 2.77 bits per heavy atom. The van der Waals surface area contributed by atoms with Gasteiger partial charge < -0.3 is 20.3 Å². The Balaban J connectivity index is 2.02. The molecule has 26 heavy (non-hydrogen) atoms. The van der Waals surface area contributed by atoms with E-state index >= 15 is 0 Å². The van der Waals surface area contributed by atoms with Gasteiger partial charge in [-0.1, -0.05) is 12.1 Å². The van der Waals surface area contributed by atoms with Crippen LogP contribution < -0.4 is 25.7 Å². The van der Waals surface area contributed by atoms with E-state index < -0.39 is 17.5 Å². The van der Waals surface area contributed by atoms with Crippen LogP contribution in [-0.2, 0) is 10.3 Å². The van der Waals surface area contributed by atoms with E-state index in [4.69, 9.17) is 17.0 Å². The number of imide groups is 1. The Kier molecular flexibility index (Phi) is 6.38. The maximum absolute atomic E-state index is 12.8. The standard InChI is InChI=1S/C17H25N5O3S/c1-17(12-7-5-8-13(11-12)25-4)14(23)22(16(24)19-17)20-15(26)18-9-6-10-21(2)3/h5,7-8,11H,6,9-10H2,1-4H3,(H,19,24)(H2,18,20,26)/p+1/t17-/m1/s1. The molecule has 0 bridgehead atoms. The number of hydrogen-bond acceptors (Lipinski definition) is 4. The van der Waals surface area contributed by atoms with Crippen molar-refractivity contribution in [2.24, 2.45) is 0 Å². The molecule has 0 aliphatic carbocycles. The molecule has 0 unspecified atom stereocenters. The molecule has 8 nitrogen and oxygen atoms in total. The van der Waals surface area contributed by atoms with E-state index in [0.29, 0.717) is 17.9 Å². The number of thiocarbonyl (C=S) groups is 1. The molecule has 0 spiro atoms. The second kappa shape index (κ2) is 8.33. The topological polar surface area (TPSA) is 87.1 Å².